The molecule has 0 amide bonds. The zero-order valence-electron chi connectivity index (χ0n) is 44.7. The van der Waals surface area contributed by atoms with Crippen LogP contribution in [0.5, 0.6) is 0 Å². The Morgan fingerprint density at radius 2 is 1.04 bits per heavy atom. The average molecular weight is 1190 g/mol. The van der Waals surface area contributed by atoms with Gasteiger partial charge in [-0.05, 0) is 127 Å². The molecule has 0 aliphatic heterocycles. The van der Waals surface area contributed by atoms with Crippen LogP contribution in [0.2, 0.25) is 5.28 Å². The van der Waals surface area contributed by atoms with Crippen LogP contribution in [0.3, 0.4) is 0 Å². The van der Waals surface area contributed by atoms with Crippen molar-refractivity contribution in [3.8, 4) is 11.4 Å². The van der Waals surface area contributed by atoms with Crippen LogP contribution >= 0.6 is 11.6 Å². The van der Waals surface area contributed by atoms with E-state index < -0.39 is 26.8 Å². The van der Waals surface area contributed by atoms with Crippen LogP contribution in [0.25, 0.3) is 33.7 Å². The Balaban J connectivity index is 0.000000194. The van der Waals surface area contributed by atoms with Gasteiger partial charge in [-0.1, -0.05) is 22.3 Å². The summed E-state index contributed by atoms with van der Waals surface area (Å²) in [4.78, 5) is 79.0. The third-order valence-electron chi connectivity index (χ3n) is 14.6. The molecule has 4 saturated carbocycles. The normalized spacial score (nSPS) is 15.4. The number of fused-ring (bicyclic) bond motifs is 2. The zero-order chi connectivity index (χ0) is 56.8. The predicted molar refractivity (Wildman–Crippen MR) is 319 cm³/mol. The van der Waals surface area contributed by atoms with Gasteiger partial charge in [-0.25, -0.2) is 61.7 Å². The lowest BCUT2D eigenvalue weighted by molar-refractivity contribution is 0.424. The lowest BCUT2D eigenvalue weighted by Gasteiger charge is -2.19. The van der Waals surface area contributed by atoms with Crippen LogP contribution in [0.1, 0.15) is 146 Å². The highest BCUT2D eigenvalue weighted by molar-refractivity contribution is 7.91. The van der Waals surface area contributed by atoms with Gasteiger partial charge in [0.1, 0.15) is 23.7 Å². The summed E-state index contributed by atoms with van der Waals surface area (Å²) in [6.07, 6.45) is 19.7. The van der Waals surface area contributed by atoms with E-state index in [0.29, 0.717) is 74.4 Å². The molecule has 4 aliphatic carbocycles. The number of hydrogen-bond donors (Lipinski definition) is 4. The molecule has 0 unspecified atom stereocenters. The van der Waals surface area contributed by atoms with Crippen molar-refractivity contribution in [2.45, 2.75) is 148 Å². The second-order valence-electron chi connectivity index (χ2n) is 20.8. The van der Waals surface area contributed by atoms with Gasteiger partial charge in [0.15, 0.2) is 48.4 Å². The highest BCUT2D eigenvalue weighted by Gasteiger charge is 2.35. The van der Waals surface area contributed by atoms with Gasteiger partial charge in [-0.15, -0.1) is 0 Å². The Labute approximate surface area is 487 Å². The molecule has 440 valence electrons. The maximum Gasteiger partial charge on any atom is 0.492 e. The van der Waals surface area contributed by atoms with Crippen molar-refractivity contribution in [1.82, 2.24) is 68.9 Å². The van der Waals surface area contributed by atoms with Crippen molar-refractivity contribution >= 4 is 77.8 Å². The average Bonchev–Trinajstić information content (AvgIpc) is 2.89. The van der Waals surface area contributed by atoms with Gasteiger partial charge in [-0.3, -0.25) is 28.7 Å². The fourth-order valence-corrected chi connectivity index (χ4v) is 10.7. The van der Waals surface area contributed by atoms with E-state index >= 15 is 0 Å². The molecular weight excluding hydrogens is 1120 g/mol. The smallest absolute Gasteiger partial charge is 0.423 e. The molecule has 0 radical (unpaired) electrons. The van der Waals surface area contributed by atoms with E-state index in [0.717, 1.165) is 86.5 Å². The van der Waals surface area contributed by atoms with Gasteiger partial charge >= 0.3 is 7.12 Å². The first-order valence-electron chi connectivity index (χ1n) is 26.2. The number of sulfone groups is 2. The van der Waals surface area contributed by atoms with Gasteiger partial charge in [0, 0.05) is 65.7 Å². The third kappa shape index (κ3) is 14.5. The number of nitrogens with zero attached hydrogens (tertiary/aromatic N) is 14. The lowest BCUT2D eigenvalue weighted by Crippen LogP contribution is -2.36. The van der Waals surface area contributed by atoms with E-state index in [-0.39, 0.29) is 85.3 Å². The van der Waals surface area contributed by atoms with E-state index in [1.165, 1.54) is 37.1 Å². The number of halogens is 1. The number of anilines is 2. The molecule has 28 heteroatoms. The van der Waals surface area contributed by atoms with Crippen LogP contribution in [-0.4, -0.2) is 115 Å². The van der Waals surface area contributed by atoms with Crippen molar-refractivity contribution in [3.05, 3.63) is 122 Å². The summed E-state index contributed by atoms with van der Waals surface area (Å²) in [5, 5.41) is 24.4. The summed E-state index contributed by atoms with van der Waals surface area (Å²) in [5.74, 6) is 2.47. The molecule has 4 aliphatic rings. The first kappa shape index (κ1) is 63.3. The minimum absolute atomic E-state index is 0. The van der Waals surface area contributed by atoms with Gasteiger partial charge in [0.2, 0.25) is 5.28 Å². The molecule has 8 heterocycles. The summed E-state index contributed by atoms with van der Waals surface area (Å²) in [5.41, 5.74) is 7.04. The molecule has 0 bridgehead atoms. The Kier molecular flexibility index (Phi) is 19.6. The Bertz CT molecular complexity index is 4010. The summed E-state index contributed by atoms with van der Waals surface area (Å²) in [7, 11) is -8.10. The van der Waals surface area contributed by atoms with Crippen molar-refractivity contribution in [2.75, 3.05) is 23.1 Å². The van der Waals surface area contributed by atoms with E-state index in [1.54, 1.807) is 40.7 Å². The molecule has 4 fully saturated rings. The van der Waals surface area contributed by atoms with Crippen molar-refractivity contribution in [3.63, 3.8) is 0 Å². The minimum Gasteiger partial charge on any atom is -0.423 e. The molecule has 8 aromatic heterocycles. The van der Waals surface area contributed by atoms with Crippen LogP contribution in [0.15, 0.2) is 81.1 Å². The number of nitrogens with one attached hydrogen (secondary N) is 2. The standard InChI is InChI=1S/C26H28N8O3S.C18H19ClN6O3S.C8H11BN2O2.3CH4/c1-14-21(22(17-6-7-17)31-13-30-14)23-29-12-20-25(33-23)34(15(2)16-4-5-16)26(35)24(32-20)28-10-18-8-9-19(11-27-18)38(3,36)37;1-10(11-3-4-11)25-16-14(9-22-18(19)24-16)23-15(17(25)26)21-7-12-5-6-13(8-20-12)29(2,27)28;1-5-7(9(12)13)8(6-2-3-6)11-4-10-5;;;/h8-9,11-13,15-17H,4-7,10H2,1-3H3,(H,28,32);5-6,8-11H,3-4,7H2,1-2H3,(H,21,23);4,6,12-13H,2-3H2,1H3;3*1H4/t15-;10-;;;;/m00..../s1. The molecule has 4 N–H and O–H groups in total. The number of rotatable bonds is 16. The summed E-state index contributed by atoms with van der Waals surface area (Å²) in [6, 6.07) is 6.11. The third-order valence-corrected chi connectivity index (χ3v) is 17.0. The fourth-order valence-electron chi connectivity index (χ4n) is 9.42. The van der Waals surface area contributed by atoms with Crippen molar-refractivity contribution < 1.29 is 26.9 Å². The highest BCUT2D eigenvalue weighted by atomic mass is 35.5. The lowest BCUT2D eigenvalue weighted by atomic mass is 9.77. The van der Waals surface area contributed by atoms with Crippen molar-refractivity contribution in [1.29, 1.82) is 0 Å². The monoisotopic (exact) mass is 1190 g/mol. The summed E-state index contributed by atoms with van der Waals surface area (Å²) >= 11 is 5.94. The molecular formula is C55H70BClN16O8S2. The quantitative estimate of drug-likeness (QED) is 0.0578. The second-order valence-corrected chi connectivity index (χ2v) is 25.2. The van der Waals surface area contributed by atoms with E-state index in [1.807, 2.05) is 20.8 Å². The molecule has 0 aromatic carbocycles. The van der Waals surface area contributed by atoms with E-state index in [9.17, 15) is 26.4 Å². The topological polar surface area (TPSA) is 331 Å². The Morgan fingerprint density at radius 1 is 0.590 bits per heavy atom. The van der Waals surface area contributed by atoms with Crippen LogP contribution in [0.4, 0.5) is 11.6 Å². The minimum atomic E-state index is -3.34. The second kappa shape index (κ2) is 25.7. The van der Waals surface area contributed by atoms with Gasteiger partial charge < -0.3 is 20.7 Å². The largest absolute Gasteiger partial charge is 0.492 e. The zero-order valence-corrected chi connectivity index (χ0v) is 47.1. The van der Waals surface area contributed by atoms with Crippen molar-refractivity contribution in [2.24, 2.45) is 11.8 Å². The van der Waals surface area contributed by atoms with Crippen LogP contribution in [0, 0.1) is 25.7 Å². The molecule has 0 spiro atoms. The first-order valence-corrected chi connectivity index (χ1v) is 30.3. The van der Waals surface area contributed by atoms with Crippen LogP contribution < -0.4 is 27.2 Å². The van der Waals surface area contributed by atoms with E-state index in [4.69, 9.17) is 26.6 Å². The number of aromatic nitrogens is 14. The molecule has 8 aromatic rings. The van der Waals surface area contributed by atoms with Gasteiger partial charge in [-0.2, -0.15) is 4.98 Å². The first-order chi connectivity index (χ1) is 38.1. The van der Waals surface area contributed by atoms with Gasteiger partial charge in [0.05, 0.1) is 63.6 Å². The summed E-state index contributed by atoms with van der Waals surface area (Å²) < 4.78 is 49.9. The Hall–Kier alpha value is -7.33. The summed E-state index contributed by atoms with van der Waals surface area (Å²) in [6.45, 7) is 8.15. The number of pyridine rings is 2. The number of aryl methyl sites for hydroxylation is 2. The fraction of sp³-hybridized carbons (Fsp3) is 0.455. The van der Waals surface area contributed by atoms with Crippen LogP contribution in [-0.2, 0) is 32.8 Å². The Morgan fingerprint density at radius 3 is 1.47 bits per heavy atom. The molecule has 83 heavy (non-hydrogen) atoms. The van der Waals surface area contributed by atoms with E-state index in [2.05, 4.69) is 65.5 Å². The molecule has 24 nitrogen and oxygen atoms in total. The maximum absolute atomic E-state index is 13.7. The maximum atomic E-state index is 13.7. The van der Waals surface area contributed by atoms with Gasteiger partial charge in [0.25, 0.3) is 11.1 Å². The number of hydrogen-bond acceptors (Lipinski definition) is 22. The molecule has 0 saturated heterocycles. The predicted octanol–water partition coefficient (Wildman–Crippen LogP) is 6.68. The molecule has 2 atom stereocenters. The molecule has 12 rings (SSSR count). The highest BCUT2D eigenvalue weighted by Crippen LogP contribution is 2.44. The SMILES string of the molecule is C.C.C.C[C@@H](C1CC1)n1c(=O)c(NCc2ccc(S(C)(=O)=O)cn2)nc2cnc(Cl)nc21.Cc1ncnc(C2CC2)c1-c1ncc2nc(NCc3ccc(S(C)(=O)=O)cn3)c(=O)n([C@@H](C)C3CC3)c2n1.Cc1ncnc(C2CC2)c1B(O)O.